The summed E-state index contributed by atoms with van der Waals surface area (Å²) >= 11 is 5.02. The monoisotopic (exact) mass is 298 g/mol. The van der Waals surface area contributed by atoms with E-state index < -0.39 is 12.5 Å². The summed E-state index contributed by atoms with van der Waals surface area (Å²) in [4.78, 5) is 24.1. The molecule has 0 fully saturated rings. The molecule has 1 aromatic rings. The smallest absolute Gasteiger partial charge is 0.380 e. The minimum Gasteiger partial charge on any atom is -0.420 e. The molecule has 19 heavy (non-hydrogen) atoms. The molecular weight excluding hydrogens is 287 g/mol. The molecule has 7 heteroatoms. The molecule has 5 nitrogen and oxygen atoms in total. The number of ketones is 2. The summed E-state index contributed by atoms with van der Waals surface area (Å²) < 4.78 is 15.2. The molecule has 0 heterocycles. The predicted molar refractivity (Wildman–Crippen MR) is 72.6 cm³/mol. The van der Waals surface area contributed by atoms with Crippen LogP contribution in [0.5, 0.6) is 0 Å². The molecule has 0 unspecified atom stereocenters. The Morgan fingerprint density at radius 3 is 2.21 bits per heavy atom. The molecule has 1 aliphatic rings. The maximum Gasteiger partial charge on any atom is 0.380 e. The Labute approximate surface area is 115 Å². The molecule has 1 aromatic carbocycles. The Bertz CT molecular complexity index is 614. The zero-order valence-electron chi connectivity index (χ0n) is 10.3. The van der Waals surface area contributed by atoms with E-state index in [4.69, 9.17) is 25.4 Å². The lowest BCUT2D eigenvalue weighted by molar-refractivity contribution is 0.0936. The quantitative estimate of drug-likeness (QED) is 0.796. The molecule has 2 rings (SSSR count). The Balaban J connectivity index is 2.38. The zero-order chi connectivity index (χ0) is 14.0. The lowest BCUT2D eigenvalue weighted by Gasteiger charge is -2.21. The molecule has 0 aromatic heterocycles. The van der Waals surface area contributed by atoms with Crippen LogP contribution in [0.2, 0.25) is 0 Å². The van der Waals surface area contributed by atoms with Crippen molar-refractivity contribution in [2.24, 2.45) is 0 Å². The average Bonchev–Trinajstić information content (AvgIpc) is 2.44. The molecular formula is C12H11O5PS. The normalized spacial score (nSPS) is 14.9. The Hall–Kier alpha value is -1.33. The van der Waals surface area contributed by atoms with Crippen molar-refractivity contribution >= 4 is 30.1 Å². The number of Topliss-reactive ketones (excluding diaryl/α,β-unsaturated/α-hetero) is 1. The summed E-state index contributed by atoms with van der Waals surface area (Å²) in [6, 6.07) is 6.52. The molecule has 0 saturated carbocycles. The Morgan fingerprint density at radius 1 is 1.05 bits per heavy atom. The minimum absolute atomic E-state index is 0.143. The van der Waals surface area contributed by atoms with Crippen molar-refractivity contribution in [2.75, 3.05) is 14.2 Å². The van der Waals surface area contributed by atoms with Gasteiger partial charge in [-0.25, -0.2) is 0 Å². The van der Waals surface area contributed by atoms with E-state index >= 15 is 0 Å². The fraction of sp³-hybridized carbons (Fsp3) is 0.167. The first-order chi connectivity index (χ1) is 9.00. The van der Waals surface area contributed by atoms with Crippen molar-refractivity contribution in [3.05, 3.63) is 47.2 Å². The van der Waals surface area contributed by atoms with E-state index in [1.165, 1.54) is 14.2 Å². The number of hydrogen-bond acceptors (Lipinski definition) is 6. The van der Waals surface area contributed by atoms with E-state index in [9.17, 15) is 9.59 Å². The summed E-state index contributed by atoms with van der Waals surface area (Å²) in [5.41, 5.74) is 0.641. The third-order valence-corrected chi connectivity index (χ3v) is 5.01. The van der Waals surface area contributed by atoms with Crippen molar-refractivity contribution < 1.29 is 23.2 Å². The van der Waals surface area contributed by atoms with Gasteiger partial charge in [-0.3, -0.25) is 9.59 Å². The van der Waals surface area contributed by atoms with Gasteiger partial charge >= 0.3 is 6.72 Å². The van der Waals surface area contributed by atoms with Crippen LogP contribution in [0.3, 0.4) is 0 Å². The second-order valence-electron chi connectivity index (χ2n) is 3.65. The molecule has 0 spiro atoms. The lowest BCUT2D eigenvalue weighted by Crippen LogP contribution is -2.18. The Morgan fingerprint density at radius 2 is 1.63 bits per heavy atom. The summed E-state index contributed by atoms with van der Waals surface area (Å²) in [7, 11) is 2.65. The van der Waals surface area contributed by atoms with Crippen LogP contribution in [0.1, 0.15) is 20.7 Å². The van der Waals surface area contributed by atoms with E-state index in [0.29, 0.717) is 11.1 Å². The van der Waals surface area contributed by atoms with Crippen LogP contribution in [0.15, 0.2) is 36.1 Å². The molecule has 0 N–H and O–H groups in total. The Kier molecular flexibility index (Phi) is 3.96. The highest BCUT2D eigenvalue weighted by Gasteiger charge is 2.31. The van der Waals surface area contributed by atoms with E-state index in [0.717, 1.165) is 6.08 Å². The number of hydrogen-bond donors (Lipinski definition) is 0. The topological polar surface area (TPSA) is 61.8 Å². The van der Waals surface area contributed by atoms with Gasteiger partial charge in [0.1, 0.15) is 0 Å². The molecule has 0 saturated heterocycles. The van der Waals surface area contributed by atoms with Gasteiger partial charge < -0.3 is 13.6 Å². The van der Waals surface area contributed by atoms with Gasteiger partial charge in [0.15, 0.2) is 11.5 Å². The third-order valence-electron chi connectivity index (χ3n) is 2.58. The fourth-order valence-electron chi connectivity index (χ4n) is 1.63. The molecule has 1 aliphatic carbocycles. The van der Waals surface area contributed by atoms with Crippen LogP contribution in [-0.4, -0.2) is 25.8 Å². The van der Waals surface area contributed by atoms with Crippen LogP contribution >= 0.6 is 6.72 Å². The van der Waals surface area contributed by atoms with Gasteiger partial charge in [0.2, 0.25) is 5.78 Å². The molecule has 0 aliphatic heterocycles. The van der Waals surface area contributed by atoms with E-state index in [1.807, 2.05) is 0 Å². The van der Waals surface area contributed by atoms with E-state index in [1.54, 1.807) is 24.3 Å². The zero-order valence-corrected chi connectivity index (χ0v) is 12.0. The third kappa shape index (κ3) is 2.67. The van der Waals surface area contributed by atoms with Gasteiger partial charge in [-0.15, -0.1) is 0 Å². The number of carbonyl (C=O) groups excluding carboxylic acids is 2. The number of rotatable bonds is 4. The van der Waals surface area contributed by atoms with Crippen molar-refractivity contribution in [1.29, 1.82) is 0 Å². The van der Waals surface area contributed by atoms with Crippen molar-refractivity contribution in [2.45, 2.75) is 0 Å². The van der Waals surface area contributed by atoms with Crippen LogP contribution in [0.4, 0.5) is 0 Å². The van der Waals surface area contributed by atoms with E-state index in [2.05, 4.69) is 0 Å². The van der Waals surface area contributed by atoms with Crippen LogP contribution in [0.25, 0.3) is 0 Å². The maximum atomic E-state index is 12.2. The second-order valence-corrected chi connectivity index (χ2v) is 6.80. The van der Waals surface area contributed by atoms with Gasteiger partial charge in [-0.05, 0) is 0 Å². The van der Waals surface area contributed by atoms with Gasteiger partial charge in [-0.2, -0.15) is 0 Å². The van der Waals surface area contributed by atoms with Gasteiger partial charge in [-0.1, -0.05) is 24.3 Å². The van der Waals surface area contributed by atoms with Crippen LogP contribution < -0.4 is 0 Å². The van der Waals surface area contributed by atoms with Gasteiger partial charge in [0, 0.05) is 43.2 Å². The van der Waals surface area contributed by atoms with Crippen LogP contribution in [-0.2, 0) is 25.4 Å². The number of benzene rings is 1. The first-order valence-corrected chi connectivity index (χ1v) is 7.87. The number of allylic oxidation sites excluding steroid dienone is 2. The SMILES string of the molecule is COP(=S)(OC)OC1=CC(=O)c2ccccc2C1=O. The first kappa shape index (κ1) is 14.1. The minimum atomic E-state index is -3.03. The van der Waals surface area contributed by atoms with Crippen molar-refractivity contribution in [1.82, 2.24) is 0 Å². The molecule has 0 radical (unpaired) electrons. The summed E-state index contributed by atoms with van der Waals surface area (Å²) in [5.74, 6) is -0.854. The van der Waals surface area contributed by atoms with Crippen LogP contribution in [0, 0.1) is 0 Å². The highest BCUT2D eigenvalue weighted by molar-refractivity contribution is 8.07. The van der Waals surface area contributed by atoms with E-state index in [-0.39, 0.29) is 11.5 Å². The lowest BCUT2D eigenvalue weighted by atomic mass is 9.94. The second kappa shape index (κ2) is 5.35. The molecule has 0 amide bonds. The summed E-state index contributed by atoms with van der Waals surface area (Å²) in [6.45, 7) is -3.03. The standard InChI is InChI=1S/C12H11O5PS/c1-15-18(19,16-2)17-11-7-10(13)8-5-3-4-6-9(8)12(11)14/h3-7H,1-2H3. The highest BCUT2D eigenvalue weighted by atomic mass is 32.5. The first-order valence-electron chi connectivity index (χ1n) is 5.31. The largest absolute Gasteiger partial charge is 0.420 e. The number of fused-ring (bicyclic) bond motifs is 1. The highest BCUT2D eigenvalue weighted by Crippen LogP contribution is 2.50. The molecule has 100 valence electrons. The fourth-order valence-corrected chi connectivity index (χ4v) is 2.54. The number of carbonyl (C=O) groups is 2. The molecule has 0 bridgehead atoms. The predicted octanol–water partition coefficient (Wildman–Crippen LogP) is 2.48. The summed E-state index contributed by atoms with van der Waals surface area (Å²) in [6.07, 6.45) is 1.11. The maximum absolute atomic E-state index is 12.2. The van der Waals surface area contributed by atoms with Crippen molar-refractivity contribution in [3.8, 4) is 0 Å². The average molecular weight is 298 g/mol. The molecule has 0 atom stereocenters. The van der Waals surface area contributed by atoms with Gasteiger partial charge in [0.25, 0.3) is 0 Å². The van der Waals surface area contributed by atoms with Gasteiger partial charge in [0.05, 0.1) is 0 Å². The summed E-state index contributed by atoms with van der Waals surface area (Å²) in [5, 5.41) is 0. The van der Waals surface area contributed by atoms with Crippen molar-refractivity contribution in [3.63, 3.8) is 0 Å².